The fraction of sp³-hybridized carbons (Fsp3) is 0.0909. The maximum atomic E-state index is 14.2. The van der Waals surface area contributed by atoms with Gasteiger partial charge in [0.1, 0.15) is 23.2 Å². The molecule has 0 aliphatic heterocycles. The molecule has 0 saturated heterocycles. The van der Waals surface area contributed by atoms with E-state index in [1.807, 2.05) is 6.07 Å². The SMILES string of the molecule is COc1cccc(NC(=O)/C(C#N)=C/c2csc(N(C(C)=O)c3ccccc3F)n2)c1. The molecule has 0 atom stereocenters. The van der Waals surface area contributed by atoms with Gasteiger partial charge in [0.25, 0.3) is 5.91 Å². The molecule has 0 unspecified atom stereocenters. The van der Waals surface area contributed by atoms with E-state index in [4.69, 9.17) is 4.74 Å². The van der Waals surface area contributed by atoms with Crippen molar-refractivity contribution in [3.63, 3.8) is 0 Å². The molecule has 0 saturated carbocycles. The number of para-hydroxylation sites is 1. The molecule has 3 rings (SSSR count). The van der Waals surface area contributed by atoms with Crippen LogP contribution in [0, 0.1) is 17.1 Å². The van der Waals surface area contributed by atoms with E-state index in [1.54, 1.807) is 35.7 Å². The minimum atomic E-state index is -0.622. The van der Waals surface area contributed by atoms with Gasteiger partial charge in [-0.1, -0.05) is 18.2 Å². The van der Waals surface area contributed by atoms with Gasteiger partial charge in [-0.25, -0.2) is 9.37 Å². The number of anilines is 3. The van der Waals surface area contributed by atoms with Crippen molar-refractivity contribution in [2.75, 3.05) is 17.3 Å². The van der Waals surface area contributed by atoms with Crippen molar-refractivity contribution in [1.29, 1.82) is 5.26 Å². The molecule has 0 spiro atoms. The first kappa shape index (κ1) is 21.7. The van der Waals surface area contributed by atoms with Crippen molar-refractivity contribution in [2.24, 2.45) is 0 Å². The number of methoxy groups -OCH3 is 1. The van der Waals surface area contributed by atoms with Crippen LogP contribution < -0.4 is 15.0 Å². The molecule has 0 bridgehead atoms. The van der Waals surface area contributed by atoms with Crippen LogP contribution in [0.2, 0.25) is 0 Å². The van der Waals surface area contributed by atoms with Gasteiger partial charge in [-0.3, -0.25) is 14.5 Å². The van der Waals surface area contributed by atoms with Crippen molar-refractivity contribution in [3.05, 3.63) is 71.0 Å². The maximum absolute atomic E-state index is 14.2. The topological polar surface area (TPSA) is 95.3 Å². The molecular weight excluding hydrogens is 419 g/mol. The standard InChI is InChI=1S/C22H17FN4O3S/c1-14(28)27(20-9-4-3-8-19(20)23)22-26-17(13-31-22)10-15(12-24)21(29)25-16-6-5-7-18(11-16)30-2/h3-11,13H,1-2H3,(H,25,29)/b15-10+. The lowest BCUT2D eigenvalue weighted by molar-refractivity contribution is -0.116. The van der Waals surface area contributed by atoms with Gasteiger partial charge in [0.15, 0.2) is 5.13 Å². The largest absolute Gasteiger partial charge is 0.497 e. The summed E-state index contributed by atoms with van der Waals surface area (Å²) < 4.78 is 19.3. The highest BCUT2D eigenvalue weighted by molar-refractivity contribution is 7.14. The number of carbonyl (C=O) groups is 2. The first-order chi connectivity index (χ1) is 14.9. The van der Waals surface area contributed by atoms with E-state index in [2.05, 4.69) is 10.3 Å². The Bertz CT molecular complexity index is 1200. The van der Waals surface area contributed by atoms with Gasteiger partial charge in [-0.2, -0.15) is 5.26 Å². The molecule has 0 radical (unpaired) electrons. The monoisotopic (exact) mass is 436 g/mol. The number of rotatable bonds is 6. The highest BCUT2D eigenvalue weighted by Gasteiger charge is 2.21. The predicted molar refractivity (Wildman–Crippen MR) is 117 cm³/mol. The Morgan fingerprint density at radius 3 is 2.71 bits per heavy atom. The van der Waals surface area contributed by atoms with Gasteiger partial charge in [0, 0.05) is 24.1 Å². The highest BCUT2D eigenvalue weighted by atomic mass is 32.1. The molecule has 0 aliphatic carbocycles. The summed E-state index contributed by atoms with van der Waals surface area (Å²) in [4.78, 5) is 30.0. The first-order valence-electron chi connectivity index (χ1n) is 9.01. The first-order valence-corrected chi connectivity index (χ1v) is 9.89. The molecule has 31 heavy (non-hydrogen) atoms. The fourth-order valence-electron chi connectivity index (χ4n) is 2.68. The molecule has 0 fully saturated rings. The number of hydrogen-bond acceptors (Lipinski definition) is 6. The third-order valence-corrected chi connectivity index (χ3v) is 4.94. The second kappa shape index (κ2) is 9.65. The molecule has 1 heterocycles. The highest BCUT2D eigenvalue weighted by Crippen LogP contribution is 2.31. The van der Waals surface area contributed by atoms with Crippen LogP contribution in [-0.2, 0) is 9.59 Å². The van der Waals surface area contributed by atoms with E-state index in [-0.39, 0.29) is 16.4 Å². The third kappa shape index (κ3) is 5.12. The molecule has 9 heteroatoms. The van der Waals surface area contributed by atoms with Gasteiger partial charge < -0.3 is 10.1 Å². The van der Waals surface area contributed by atoms with E-state index in [9.17, 15) is 19.2 Å². The lowest BCUT2D eigenvalue weighted by atomic mass is 10.2. The lowest BCUT2D eigenvalue weighted by Crippen LogP contribution is -2.23. The Morgan fingerprint density at radius 1 is 1.26 bits per heavy atom. The Balaban J connectivity index is 1.86. The summed E-state index contributed by atoms with van der Waals surface area (Å²) in [5.74, 6) is -1.06. The van der Waals surface area contributed by atoms with Gasteiger partial charge in [-0.15, -0.1) is 11.3 Å². The fourth-order valence-corrected chi connectivity index (χ4v) is 3.52. The molecule has 7 nitrogen and oxygen atoms in total. The Hall–Kier alpha value is -4.03. The van der Waals surface area contributed by atoms with Crippen molar-refractivity contribution in [1.82, 2.24) is 4.98 Å². The zero-order valence-electron chi connectivity index (χ0n) is 16.6. The maximum Gasteiger partial charge on any atom is 0.266 e. The number of thiazole rings is 1. The second-order valence-corrected chi connectivity index (χ2v) is 7.05. The zero-order chi connectivity index (χ0) is 22.4. The van der Waals surface area contributed by atoms with Gasteiger partial charge in [0.05, 0.1) is 18.5 Å². The Morgan fingerprint density at radius 2 is 2.03 bits per heavy atom. The number of halogens is 1. The number of aromatic nitrogens is 1. The molecule has 3 aromatic rings. The van der Waals surface area contributed by atoms with E-state index < -0.39 is 17.6 Å². The third-order valence-electron chi connectivity index (χ3n) is 4.09. The number of ether oxygens (including phenoxy) is 1. The van der Waals surface area contributed by atoms with Crippen molar-refractivity contribution in [3.8, 4) is 11.8 Å². The summed E-state index contributed by atoms with van der Waals surface area (Å²) in [7, 11) is 1.51. The molecule has 2 amide bonds. The van der Waals surface area contributed by atoms with Gasteiger partial charge in [-0.05, 0) is 30.3 Å². The normalized spacial score (nSPS) is 10.8. The number of nitriles is 1. The number of carbonyl (C=O) groups excluding carboxylic acids is 2. The summed E-state index contributed by atoms with van der Waals surface area (Å²) in [5, 5.41) is 13.8. The second-order valence-electron chi connectivity index (χ2n) is 6.22. The van der Waals surface area contributed by atoms with Crippen LogP contribution in [0.3, 0.4) is 0 Å². The van der Waals surface area contributed by atoms with E-state index in [0.29, 0.717) is 17.1 Å². The van der Waals surface area contributed by atoms with Crippen molar-refractivity contribution in [2.45, 2.75) is 6.92 Å². The molecule has 156 valence electrons. The van der Waals surface area contributed by atoms with Gasteiger partial charge in [0.2, 0.25) is 5.91 Å². The van der Waals surface area contributed by atoms with Crippen molar-refractivity contribution < 1.29 is 18.7 Å². The number of hydrogen-bond donors (Lipinski definition) is 1. The molecule has 1 aromatic heterocycles. The summed E-state index contributed by atoms with van der Waals surface area (Å²) in [6, 6.07) is 14.4. The smallest absolute Gasteiger partial charge is 0.266 e. The summed E-state index contributed by atoms with van der Waals surface area (Å²) in [5.41, 5.74) is 0.641. The Kier molecular flexibility index (Phi) is 6.74. The van der Waals surface area contributed by atoms with Crippen LogP contribution in [0.4, 0.5) is 20.9 Å². The van der Waals surface area contributed by atoms with Crippen LogP contribution in [0.15, 0.2) is 59.5 Å². The quantitative estimate of drug-likeness (QED) is 0.453. The summed E-state index contributed by atoms with van der Waals surface area (Å²) in [6.07, 6.45) is 1.30. The number of nitrogens with zero attached hydrogens (tertiary/aromatic N) is 3. The number of nitrogens with one attached hydrogen (secondary N) is 1. The number of benzene rings is 2. The molecule has 2 aromatic carbocycles. The molecular formula is C22H17FN4O3S. The van der Waals surface area contributed by atoms with Crippen LogP contribution in [0.1, 0.15) is 12.6 Å². The van der Waals surface area contributed by atoms with Crippen molar-refractivity contribution >= 4 is 45.7 Å². The van der Waals surface area contributed by atoms with Crippen LogP contribution in [0.25, 0.3) is 6.08 Å². The average Bonchev–Trinajstić information content (AvgIpc) is 3.21. The number of amides is 2. The minimum absolute atomic E-state index is 0.0659. The summed E-state index contributed by atoms with van der Waals surface area (Å²) >= 11 is 1.09. The minimum Gasteiger partial charge on any atom is -0.497 e. The van der Waals surface area contributed by atoms with E-state index in [0.717, 1.165) is 16.2 Å². The lowest BCUT2D eigenvalue weighted by Gasteiger charge is -2.18. The van der Waals surface area contributed by atoms with Crippen LogP contribution in [0.5, 0.6) is 5.75 Å². The van der Waals surface area contributed by atoms with E-state index in [1.165, 1.54) is 38.3 Å². The average molecular weight is 436 g/mol. The summed E-state index contributed by atoms with van der Waals surface area (Å²) in [6.45, 7) is 1.30. The van der Waals surface area contributed by atoms with Crippen LogP contribution >= 0.6 is 11.3 Å². The van der Waals surface area contributed by atoms with E-state index >= 15 is 0 Å². The predicted octanol–water partition coefficient (Wildman–Crippen LogP) is 4.52. The van der Waals surface area contributed by atoms with Crippen LogP contribution in [-0.4, -0.2) is 23.9 Å². The Labute approximate surface area is 182 Å². The van der Waals surface area contributed by atoms with Gasteiger partial charge >= 0.3 is 0 Å². The molecule has 1 N–H and O–H groups in total. The molecule has 0 aliphatic rings. The zero-order valence-corrected chi connectivity index (χ0v) is 17.4.